The second-order valence-electron chi connectivity index (χ2n) is 6.58. The fraction of sp³-hybridized carbons (Fsp3) is 0.0909. The van der Waals surface area contributed by atoms with Crippen molar-refractivity contribution in [1.29, 1.82) is 0 Å². The van der Waals surface area contributed by atoms with E-state index in [1.54, 1.807) is 48.5 Å². The molecule has 1 amide bonds. The molecule has 3 N–H and O–H groups in total. The van der Waals surface area contributed by atoms with Crippen molar-refractivity contribution >= 4 is 27.9 Å². The summed E-state index contributed by atoms with van der Waals surface area (Å²) in [6, 6.07) is 17.3. The van der Waals surface area contributed by atoms with Crippen LogP contribution >= 0.6 is 0 Å². The third-order valence-corrected chi connectivity index (χ3v) is 5.50. The van der Waals surface area contributed by atoms with Crippen molar-refractivity contribution < 1.29 is 22.1 Å². The average molecular weight is 439 g/mol. The van der Waals surface area contributed by atoms with Crippen LogP contribution < -0.4 is 20.1 Å². The Kier molecular flexibility index (Phi) is 6.56. The fourth-order valence-electron chi connectivity index (χ4n) is 2.57. The van der Waals surface area contributed by atoms with Gasteiger partial charge >= 0.3 is 10.1 Å². The molecule has 3 rings (SSSR count). The molecular weight excluding hydrogens is 418 g/mol. The first-order valence-corrected chi connectivity index (χ1v) is 10.6. The molecule has 8 nitrogen and oxygen atoms in total. The minimum atomic E-state index is -4.02. The SMILES string of the molecule is COc1cc(C=NNC(=O)c2ccc(N)cc2)ccc1OS(=O)(=O)c1ccc(C)cc1. The lowest BCUT2D eigenvalue weighted by Crippen LogP contribution is -2.17. The highest BCUT2D eigenvalue weighted by Gasteiger charge is 2.19. The third-order valence-electron chi connectivity index (χ3n) is 4.25. The number of carbonyl (C=O) groups excluding carboxylic acids is 1. The first-order valence-electron chi connectivity index (χ1n) is 9.16. The summed E-state index contributed by atoms with van der Waals surface area (Å²) >= 11 is 0. The van der Waals surface area contributed by atoms with Crippen LogP contribution in [-0.4, -0.2) is 27.6 Å². The Balaban J connectivity index is 1.72. The van der Waals surface area contributed by atoms with Crippen molar-refractivity contribution in [3.8, 4) is 11.5 Å². The number of rotatable bonds is 7. The summed E-state index contributed by atoms with van der Waals surface area (Å²) in [7, 11) is -2.62. The van der Waals surface area contributed by atoms with Gasteiger partial charge in [-0.1, -0.05) is 17.7 Å². The van der Waals surface area contributed by atoms with E-state index in [1.165, 1.54) is 31.5 Å². The van der Waals surface area contributed by atoms with Crippen LogP contribution in [0.5, 0.6) is 11.5 Å². The summed E-state index contributed by atoms with van der Waals surface area (Å²) in [4.78, 5) is 12.1. The highest BCUT2D eigenvalue weighted by Crippen LogP contribution is 2.30. The number of hydrazone groups is 1. The Morgan fingerprint density at radius 1 is 1.00 bits per heavy atom. The molecule has 0 unspecified atom stereocenters. The van der Waals surface area contributed by atoms with E-state index in [-0.39, 0.29) is 16.4 Å². The zero-order valence-electron chi connectivity index (χ0n) is 16.9. The number of benzene rings is 3. The number of nitrogens with two attached hydrogens (primary N) is 1. The van der Waals surface area contributed by atoms with Crippen LogP contribution in [0.1, 0.15) is 21.5 Å². The molecule has 0 radical (unpaired) electrons. The van der Waals surface area contributed by atoms with Gasteiger partial charge in [0, 0.05) is 11.3 Å². The van der Waals surface area contributed by atoms with Gasteiger partial charge in [-0.05, 0) is 67.1 Å². The van der Waals surface area contributed by atoms with Gasteiger partial charge in [-0.3, -0.25) is 4.79 Å². The van der Waals surface area contributed by atoms with Crippen LogP contribution in [0.15, 0.2) is 76.7 Å². The van der Waals surface area contributed by atoms with Gasteiger partial charge in [-0.15, -0.1) is 0 Å². The van der Waals surface area contributed by atoms with Gasteiger partial charge in [0.2, 0.25) is 0 Å². The van der Waals surface area contributed by atoms with Gasteiger partial charge in [0.1, 0.15) is 4.90 Å². The van der Waals surface area contributed by atoms with Crippen LogP contribution in [0.3, 0.4) is 0 Å². The van der Waals surface area contributed by atoms with Gasteiger partial charge in [0.25, 0.3) is 5.91 Å². The number of aryl methyl sites for hydroxylation is 1. The van der Waals surface area contributed by atoms with E-state index in [0.29, 0.717) is 16.8 Å². The fourth-order valence-corrected chi connectivity index (χ4v) is 3.51. The molecule has 0 atom stereocenters. The van der Waals surface area contributed by atoms with Crippen molar-refractivity contribution in [1.82, 2.24) is 5.43 Å². The van der Waals surface area contributed by atoms with E-state index in [1.807, 2.05) is 6.92 Å². The van der Waals surface area contributed by atoms with Crippen LogP contribution in [0.4, 0.5) is 5.69 Å². The van der Waals surface area contributed by atoms with Gasteiger partial charge in [0.15, 0.2) is 11.5 Å². The monoisotopic (exact) mass is 439 g/mol. The number of nitrogen functional groups attached to an aromatic ring is 1. The normalized spacial score (nSPS) is 11.3. The summed E-state index contributed by atoms with van der Waals surface area (Å²) in [6.45, 7) is 1.86. The molecule has 0 aromatic heterocycles. The van der Waals surface area contributed by atoms with Crippen LogP contribution in [0, 0.1) is 6.92 Å². The summed E-state index contributed by atoms with van der Waals surface area (Å²) in [5, 5.41) is 3.91. The lowest BCUT2D eigenvalue weighted by molar-refractivity contribution is 0.0955. The first-order chi connectivity index (χ1) is 14.8. The minimum absolute atomic E-state index is 0.0335. The summed E-state index contributed by atoms with van der Waals surface area (Å²) < 4.78 is 35.5. The Labute approximate surface area is 180 Å². The van der Waals surface area contributed by atoms with Crippen LogP contribution in [0.2, 0.25) is 0 Å². The molecule has 0 bridgehead atoms. The number of amides is 1. The average Bonchev–Trinajstić information content (AvgIpc) is 2.75. The Morgan fingerprint density at radius 3 is 2.32 bits per heavy atom. The van der Waals surface area contributed by atoms with E-state index >= 15 is 0 Å². The van der Waals surface area contributed by atoms with Crippen molar-refractivity contribution in [3.05, 3.63) is 83.4 Å². The number of anilines is 1. The van der Waals surface area contributed by atoms with Crippen molar-refractivity contribution in [2.45, 2.75) is 11.8 Å². The molecule has 0 heterocycles. The number of ether oxygens (including phenoxy) is 1. The van der Waals surface area contributed by atoms with E-state index in [2.05, 4.69) is 10.5 Å². The predicted octanol–water partition coefficient (Wildman–Crippen LogP) is 3.12. The number of carbonyl (C=O) groups is 1. The maximum absolute atomic E-state index is 12.5. The zero-order chi connectivity index (χ0) is 22.4. The zero-order valence-corrected chi connectivity index (χ0v) is 17.7. The molecule has 0 aliphatic carbocycles. The van der Waals surface area contributed by atoms with E-state index in [9.17, 15) is 13.2 Å². The van der Waals surface area contributed by atoms with E-state index in [0.717, 1.165) is 5.56 Å². The Bertz CT molecular complexity index is 1200. The second-order valence-corrected chi connectivity index (χ2v) is 8.13. The number of hydrogen-bond donors (Lipinski definition) is 2. The number of methoxy groups -OCH3 is 1. The molecule has 3 aromatic carbocycles. The van der Waals surface area contributed by atoms with Crippen molar-refractivity contribution in [2.24, 2.45) is 5.10 Å². The summed E-state index contributed by atoms with van der Waals surface area (Å²) in [5.41, 5.74) is 10.5. The minimum Gasteiger partial charge on any atom is -0.493 e. The van der Waals surface area contributed by atoms with Gasteiger partial charge in [-0.25, -0.2) is 5.43 Å². The molecule has 0 aliphatic rings. The maximum Gasteiger partial charge on any atom is 0.339 e. The lowest BCUT2D eigenvalue weighted by Gasteiger charge is -2.11. The first kappa shape index (κ1) is 21.8. The maximum atomic E-state index is 12.5. The predicted molar refractivity (Wildman–Crippen MR) is 118 cm³/mol. The highest BCUT2D eigenvalue weighted by molar-refractivity contribution is 7.87. The van der Waals surface area contributed by atoms with Crippen LogP contribution in [0.25, 0.3) is 0 Å². The summed E-state index contributed by atoms with van der Waals surface area (Å²) in [5.74, 6) is -0.164. The number of hydrogen-bond acceptors (Lipinski definition) is 7. The molecule has 0 aliphatic heterocycles. The van der Waals surface area contributed by atoms with E-state index in [4.69, 9.17) is 14.7 Å². The highest BCUT2D eigenvalue weighted by atomic mass is 32.2. The van der Waals surface area contributed by atoms with E-state index < -0.39 is 16.0 Å². The molecule has 160 valence electrons. The quantitative estimate of drug-likeness (QED) is 0.253. The molecule has 0 fully saturated rings. The Hall–Kier alpha value is -3.85. The molecule has 0 saturated carbocycles. The Morgan fingerprint density at radius 2 is 1.68 bits per heavy atom. The smallest absolute Gasteiger partial charge is 0.339 e. The molecule has 31 heavy (non-hydrogen) atoms. The van der Waals surface area contributed by atoms with Crippen molar-refractivity contribution in [2.75, 3.05) is 12.8 Å². The molecular formula is C22H21N3O5S. The molecule has 9 heteroatoms. The van der Waals surface area contributed by atoms with Crippen LogP contribution in [-0.2, 0) is 10.1 Å². The molecule has 3 aromatic rings. The van der Waals surface area contributed by atoms with Gasteiger partial charge in [-0.2, -0.15) is 13.5 Å². The standard InChI is InChI=1S/C22H21N3O5S/c1-15-3-10-19(11-4-15)31(27,28)30-20-12-5-16(13-21(20)29-2)14-24-25-22(26)17-6-8-18(23)9-7-17/h3-14H,23H2,1-2H3,(H,25,26). The number of nitrogens with one attached hydrogen (secondary N) is 1. The second kappa shape index (κ2) is 9.31. The third kappa shape index (κ3) is 5.61. The molecule has 0 spiro atoms. The van der Waals surface area contributed by atoms with Crippen molar-refractivity contribution in [3.63, 3.8) is 0 Å². The number of nitrogens with zero attached hydrogens (tertiary/aromatic N) is 1. The largest absolute Gasteiger partial charge is 0.493 e. The summed E-state index contributed by atoms with van der Waals surface area (Å²) in [6.07, 6.45) is 1.40. The van der Waals surface area contributed by atoms with Gasteiger partial charge in [0.05, 0.1) is 13.3 Å². The molecule has 0 saturated heterocycles. The lowest BCUT2D eigenvalue weighted by atomic mass is 10.2. The topological polar surface area (TPSA) is 120 Å². The van der Waals surface area contributed by atoms with Gasteiger partial charge < -0.3 is 14.7 Å².